The van der Waals surface area contributed by atoms with E-state index >= 15 is 0 Å². The molecule has 0 amide bonds. The fraction of sp³-hybridized carbons (Fsp3) is 0.294. The van der Waals surface area contributed by atoms with E-state index in [0.29, 0.717) is 12.3 Å². The molecule has 4 heteroatoms. The molecule has 3 nitrogen and oxygen atoms in total. The van der Waals surface area contributed by atoms with Crippen molar-refractivity contribution in [3.05, 3.63) is 46.6 Å². The number of nitrogens with zero attached hydrogens (tertiary/aromatic N) is 3. The fourth-order valence-corrected chi connectivity index (χ4v) is 3.49. The Balaban J connectivity index is 2.25. The molecule has 0 N–H and O–H groups in total. The van der Waals surface area contributed by atoms with Crippen molar-refractivity contribution in [2.45, 2.75) is 33.1 Å². The standard InChI is InChI=1S/C17H17N3S/c1-11(2)16-14(8-9-18)20-15(10-21-17(20)19-16)13-6-4-12(3)5-7-13/h4-7,10-11H,8H2,1-3H3. The van der Waals surface area contributed by atoms with Crippen molar-refractivity contribution in [2.24, 2.45) is 0 Å². The second kappa shape index (κ2) is 5.34. The summed E-state index contributed by atoms with van der Waals surface area (Å²) in [7, 11) is 0. The third kappa shape index (κ3) is 2.34. The Morgan fingerprint density at radius 1 is 1.29 bits per heavy atom. The minimum atomic E-state index is 0.325. The second-order valence-corrected chi connectivity index (χ2v) is 6.37. The number of thiazole rings is 1. The monoisotopic (exact) mass is 295 g/mol. The summed E-state index contributed by atoms with van der Waals surface area (Å²) in [5.41, 5.74) is 5.60. The van der Waals surface area contributed by atoms with Crippen molar-refractivity contribution in [1.82, 2.24) is 9.38 Å². The molecule has 106 valence electrons. The molecule has 0 radical (unpaired) electrons. The highest BCUT2D eigenvalue weighted by molar-refractivity contribution is 7.15. The number of aryl methyl sites for hydroxylation is 1. The third-order valence-corrected chi connectivity index (χ3v) is 4.46. The molecule has 0 saturated heterocycles. The number of hydrogen-bond acceptors (Lipinski definition) is 3. The van der Waals surface area contributed by atoms with Gasteiger partial charge in [0.2, 0.25) is 0 Å². The molecule has 0 saturated carbocycles. The average Bonchev–Trinajstić information content (AvgIpc) is 3.01. The zero-order valence-electron chi connectivity index (χ0n) is 12.4. The number of imidazole rings is 1. The number of hydrogen-bond donors (Lipinski definition) is 0. The Morgan fingerprint density at radius 3 is 2.62 bits per heavy atom. The molecule has 3 rings (SSSR count). The minimum absolute atomic E-state index is 0.325. The Hall–Kier alpha value is -2.12. The molecule has 0 aliphatic rings. The summed E-state index contributed by atoms with van der Waals surface area (Å²) in [5, 5.41) is 11.3. The molecule has 1 aromatic carbocycles. The number of nitriles is 1. The van der Waals surface area contributed by atoms with Gasteiger partial charge < -0.3 is 0 Å². The predicted molar refractivity (Wildman–Crippen MR) is 86.6 cm³/mol. The topological polar surface area (TPSA) is 41.1 Å². The van der Waals surface area contributed by atoms with Crippen LogP contribution in [0.4, 0.5) is 0 Å². The first-order chi connectivity index (χ1) is 10.1. The van der Waals surface area contributed by atoms with E-state index in [-0.39, 0.29) is 0 Å². The van der Waals surface area contributed by atoms with Crippen LogP contribution in [0, 0.1) is 18.3 Å². The Morgan fingerprint density at radius 2 is 2.00 bits per heavy atom. The van der Waals surface area contributed by atoms with Crippen LogP contribution in [0.15, 0.2) is 29.6 Å². The number of rotatable bonds is 3. The molecule has 0 aliphatic heterocycles. The highest BCUT2D eigenvalue weighted by Crippen LogP contribution is 2.31. The van der Waals surface area contributed by atoms with Gasteiger partial charge in [0.1, 0.15) is 0 Å². The van der Waals surface area contributed by atoms with Crippen molar-refractivity contribution in [3.8, 4) is 17.3 Å². The van der Waals surface area contributed by atoms with Crippen molar-refractivity contribution >= 4 is 16.3 Å². The van der Waals surface area contributed by atoms with E-state index in [4.69, 9.17) is 10.2 Å². The number of fused-ring (bicyclic) bond motifs is 1. The third-order valence-electron chi connectivity index (χ3n) is 3.63. The Labute approximate surface area is 128 Å². The van der Waals surface area contributed by atoms with Crippen LogP contribution in [0.2, 0.25) is 0 Å². The van der Waals surface area contributed by atoms with Crippen molar-refractivity contribution < 1.29 is 0 Å². The van der Waals surface area contributed by atoms with Gasteiger partial charge in [-0.3, -0.25) is 4.40 Å². The van der Waals surface area contributed by atoms with Gasteiger partial charge in [0.15, 0.2) is 4.96 Å². The van der Waals surface area contributed by atoms with Gasteiger partial charge in [0, 0.05) is 5.38 Å². The van der Waals surface area contributed by atoms with E-state index in [1.807, 2.05) is 0 Å². The summed E-state index contributed by atoms with van der Waals surface area (Å²) in [6, 6.07) is 10.8. The van der Waals surface area contributed by atoms with Crippen LogP contribution in [0.5, 0.6) is 0 Å². The molecule has 0 spiro atoms. The van der Waals surface area contributed by atoms with E-state index in [1.54, 1.807) is 11.3 Å². The SMILES string of the molecule is Cc1ccc(-c2csc3nc(C(C)C)c(CC#N)n23)cc1. The maximum atomic E-state index is 9.15. The molecule has 2 heterocycles. The second-order valence-electron chi connectivity index (χ2n) is 5.54. The van der Waals surface area contributed by atoms with Crippen LogP contribution in [0.25, 0.3) is 16.2 Å². The quantitative estimate of drug-likeness (QED) is 0.710. The molecule has 3 aromatic rings. The lowest BCUT2D eigenvalue weighted by atomic mass is 10.1. The van der Waals surface area contributed by atoms with Gasteiger partial charge in [-0.25, -0.2) is 4.98 Å². The van der Waals surface area contributed by atoms with Crippen molar-refractivity contribution in [2.75, 3.05) is 0 Å². The Bertz CT molecular complexity index is 816. The summed E-state index contributed by atoms with van der Waals surface area (Å²) >= 11 is 1.63. The van der Waals surface area contributed by atoms with Crippen LogP contribution >= 0.6 is 11.3 Å². The molecule has 0 fully saturated rings. The van der Waals surface area contributed by atoms with Gasteiger partial charge in [-0.1, -0.05) is 43.7 Å². The van der Waals surface area contributed by atoms with Crippen molar-refractivity contribution in [3.63, 3.8) is 0 Å². The summed E-state index contributed by atoms with van der Waals surface area (Å²) in [5.74, 6) is 0.325. The summed E-state index contributed by atoms with van der Waals surface area (Å²) in [4.78, 5) is 5.70. The lowest BCUT2D eigenvalue weighted by Crippen LogP contribution is -1.99. The van der Waals surface area contributed by atoms with Gasteiger partial charge in [0.05, 0.1) is 29.6 Å². The van der Waals surface area contributed by atoms with E-state index < -0.39 is 0 Å². The van der Waals surface area contributed by atoms with E-state index in [0.717, 1.165) is 22.0 Å². The predicted octanol–water partition coefficient (Wildman–Crippen LogP) is 4.56. The summed E-state index contributed by atoms with van der Waals surface area (Å²) < 4.78 is 2.15. The Kier molecular flexibility index (Phi) is 3.52. The normalized spacial score (nSPS) is 11.2. The van der Waals surface area contributed by atoms with E-state index in [1.165, 1.54) is 11.1 Å². The smallest absolute Gasteiger partial charge is 0.194 e. The average molecular weight is 295 g/mol. The molecular weight excluding hydrogens is 278 g/mol. The number of benzene rings is 1. The first kappa shape index (κ1) is 13.8. The maximum Gasteiger partial charge on any atom is 0.194 e. The summed E-state index contributed by atoms with van der Waals surface area (Å²) in [6.07, 6.45) is 0.393. The number of aromatic nitrogens is 2. The van der Waals surface area contributed by atoms with Gasteiger partial charge >= 0.3 is 0 Å². The first-order valence-electron chi connectivity index (χ1n) is 7.04. The molecule has 2 aromatic heterocycles. The van der Waals surface area contributed by atoms with Crippen molar-refractivity contribution in [1.29, 1.82) is 5.26 Å². The van der Waals surface area contributed by atoms with Crippen LogP contribution in [0.3, 0.4) is 0 Å². The molecule has 0 atom stereocenters. The minimum Gasteiger partial charge on any atom is -0.286 e. The van der Waals surface area contributed by atoms with Crippen LogP contribution < -0.4 is 0 Å². The van der Waals surface area contributed by atoms with Crippen LogP contribution in [0.1, 0.15) is 36.7 Å². The zero-order valence-corrected chi connectivity index (χ0v) is 13.2. The molecular formula is C17H17N3S. The molecule has 0 bridgehead atoms. The maximum absolute atomic E-state index is 9.15. The lowest BCUT2D eigenvalue weighted by molar-refractivity contribution is 0.814. The van der Waals surface area contributed by atoms with Gasteiger partial charge in [-0.15, -0.1) is 11.3 Å². The molecule has 0 unspecified atom stereocenters. The van der Waals surface area contributed by atoms with Gasteiger partial charge in [-0.2, -0.15) is 5.26 Å². The van der Waals surface area contributed by atoms with Gasteiger partial charge in [0.25, 0.3) is 0 Å². The first-order valence-corrected chi connectivity index (χ1v) is 7.92. The van der Waals surface area contributed by atoms with E-state index in [2.05, 4.69) is 60.9 Å². The van der Waals surface area contributed by atoms with Crippen LogP contribution in [-0.2, 0) is 6.42 Å². The zero-order chi connectivity index (χ0) is 15.0. The fourth-order valence-electron chi connectivity index (χ4n) is 2.56. The highest BCUT2D eigenvalue weighted by atomic mass is 32.1. The molecule has 21 heavy (non-hydrogen) atoms. The summed E-state index contributed by atoms with van der Waals surface area (Å²) in [6.45, 7) is 6.33. The van der Waals surface area contributed by atoms with E-state index in [9.17, 15) is 0 Å². The van der Waals surface area contributed by atoms with Crippen LogP contribution in [-0.4, -0.2) is 9.38 Å². The largest absolute Gasteiger partial charge is 0.286 e. The highest BCUT2D eigenvalue weighted by Gasteiger charge is 2.19. The lowest BCUT2D eigenvalue weighted by Gasteiger charge is -2.06. The van der Waals surface area contributed by atoms with Gasteiger partial charge in [-0.05, 0) is 18.4 Å². The molecule has 0 aliphatic carbocycles.